The van der Waals surface area contributed by atoms with Crippen LogP contribution in [0.25, 0.3) is 0 Å². The maximum absolute atomic E-state index is 3.95. The number of hydrogen-bond donors (Lipinski definition) is 1. The molecule has 1 aliphatic heterocycles. The summed E-state index contributed by atoms with van der Waals surface area (Å²) in [7, 11) is 0. The molecule has 3 aliphatic rings. The monoisotopic (exact) mass is 243 g/mol. The molecule has 0 amide bonds. The van der Waals surface area contributed by atoms with E-state index in [1.165, 1.54) is 44.9 Å². The lowest BCUT2D eigenvalue weighted by Crippen LogP contribution is -2.49. The number of rotatable bonds is 3. The molecular weight excluding hydrogens is 218 g/mol. The molecule has 2 aliphatic carbocycles. The third-order valence-electron chi connectivity index (χ3n) is 4.76. The van der Waals surface area contributed by atoms with Crippen molar-refractivity contribution in [1.29, 1.82) is 0 Å². The van der Waals surface area contributed by atoms with Crippen LogP contribution in [0.2, 0.25) is 0 Å². The van der Waals surface area contributed by atoms with Crippen molar-refractivity contribution >= 4 is 0 Å². The van der Waals surface area contributed by atoms with Crippen molar-refractivity contribution in [3.05, 3.63) is 35.5 Å². The average molecular weight is 243 g/mol. The van der Waals surface area contributed by atoms with Gasteiger partial charge in [-0.15, -0.1) is 0 Å². The van der Waals surface area contributed by atoms with Crippen LogP contribution in [0, 0.1) is 5.92 Å². The Morgan fingerprint density at radius 2 is 2.22 bits per heavy atom. The van der Waals surface area contributed by atoms with E-state index >= 15 is 0 Å². The summed E-state index contributed by atoms with van der Waals surface area (Å²) < 4.78 is 0. The quantitative estimate of drug-likeness (QED) is 0.786. The third kappa shape index (κ3) is 2.21. The molecule has 1 N–H and O–H groups in total. The van der Waals surface area contributed by atoms with Crippen LogP contribution >= 0.6 is 0 Å². The van der Waals surface area contributed by atoms with Crippen LogP contribution in [-0.2, 0) is 0 Å². The summed E-state index contributed by atoms with van der Waals surface area (Å²) in [6, 6.07) is 1.36. The third-order valence-corrected chi connectivity index (χ3v) is 4.76. The van der Waals surface area contributed by atoms with E-state index in [4.69, 9.17) is 0 Å². The molecule has 0 bridgehead atoms. The van der Waals surface area contributed by atoms with Crippen molar-refractivity contribution in [3.63, 3.8) is 0 Å². The Kier molecular flexibility index (Phi) is 3.69. The SMILES string of the molecule is CCCCC1NC2CCCCC2=C2C=CC=CC21. The van der Waals surface area contributed by atoms with Gasteiger partial charge in [0, 0.05) is 18.0 Å². The van der Waals surface area contributed by atoms with Crippen molar-refractivity contribution in [2.45, 2.75) is 64.0 Å². The smallest absolute Gasteiger partial charge is 0.0288 e. The molecule has 1 fully saturated rings. The highest BCUT2D eigenvalue weighted by Crippen LogP contribution is 2.38. The summed E-state index contributed by atoms with van der Waals surface area (Å²) in [5.41, 5.74) is 3.38. The molecule has 3 atom stereocenters. The first-order valence-electron chi connectivity index (χ1n) is 7.74. The van der Waals surface area contributed by atoms with Gasteiger partial charge in [-0.25, -0.2) is 0 Å². The van der Waals surface area contributed by atoms with Gasteiger partial charge in [0.1, 0.15) is 0 Å². The van der Waals surface area contributed by atoms with Crippen LogP contribution < -0.4 is 5.32 Å². The predicted octanol–water partition coefficient (Wildman–Crippen LogP) is 4.13. The Bertz CT molecular complexity index is 388. The molecule has 3 unspecified atom stereocenters. The molecule has 0 radical (unpaired) electrons. The van der Waals surface area contributed by atoms with Gasteiger partial charge in [0.05, 0.1) is 0 Å². The Balaban J connectivity index is 1.87. The first-order valence-corrected chi connectivity index (χ1v) is 7.74. The highest BCUT2D eigenvalue weighted by Gasteiger charge is 2.35. The maximum Gasteiger partial charge on any atom is 0.0288 e. The van der Waals surface area contributed by atoms with Crippen molar-refractivity contribution < 1.29 is 0 Å². The zero-order chi connectivity index (χ0) is 12.4. The van der Waals surface area contributed by atoms with Gasteiger partial charge in [-0.05, 0) is 36.8 Å². The van der Waals surface area contributed by atoms with Gasteiger partial charge in [-0.3, -0.25) is 0 Å². The molecule has 0 spiro atoms. The fourth-order valence-electron chi connectivity index (χ4n) is 3.82. The number of unbranched alkanes of at least 4 members (excludes halogenated alkanes) is 1. The van der Waals surface area contributed by atoms with Gasteiger partial charge >= 0.3 is 0 Å². The van der Waals surface area contributed by atoms with E-state index in [1.807, 2.05) is 0 Å². The minimum Gasteiger partial charge on any atom is -0.307 e. The zero-order valence-corrected chi connectivity index (χ0v) is 11.5. The Morgan fingerprint density at radius 3 is 3.11 bits per heavy atom. The highest BCUT2D eigenvalue weighted by molar-refractivity contribution is 5.42. The van der Waals surface area contributed by atoms with E-state index in [9.17, 15) is 0 Å². The van der Waals surface area contributed by atoms with Crippen molar-refractivity contribution in [3.8, 4) is 0 Å². The van der Waals surface area contributed by atoms with Gasteiger partial charge < -0.3 is 5.32 Å². The summed E-state index contributed by atoms with van der Waals surface area (Å²) in [5, 5.41) is 3.95. The molecule has 1 heteroatoms. The van der Waals surface area contributed by atoms with Gasteiger partial charge in [0.15, 0.2) is 0 Å². The second kappa shape index (κ2) is 5.44. The minimum atomic E-state index is 0.644. The van der Waals surface area contributed by atoms with Crippen LogP contribution in [0.4, 0.5) is 0 Å². The first-order chi connectivity index (χ1) is 8.90. The van der Waals surface area contributed by atoms with Crippen molar-refractivity contribution in [2.75, 3.05) is 0 Å². The summed E-state index contributed by atoms with van der Waals surface area (Å²) in [6.07, 6.45) is 18.7. The average Bonchev–Trinajstić information content (AvgIpc) is 2.45. The zero-order valence-electron chi connectivity index (χ0n) is 11.5. The maximum atomic E-state index is 3.95. The molecule has 1 heterocycles. The Labute approximate surface area is 111 Å². The second-order valence-corrected chi connectivity index (χ2v) is 5.96. The molecule has 3 rings (SSSR count). The number of fused-ring (bicyclic) bond motifs is 2. The van der Waals surface area contributed by atoms with E-state index in [2.05, 4.69) is 36.5 Å². The van der Waals surface area contributed by atoms with E-state index in [0.29, 0.717) is 18.0 Å². The minimum absolute atomic E-state index is 0.644. The van der Waals surface area contributed by atoms with Gasteiger partial charge in [-0.1, -0.05) is 50.5 Å². The summed E-state index contributed by atoms with van der Waals surface area (Å²) in [5.74, 6) is 0.644. The topological polar surface area (TPSA) is 12.0 Å². The van der Waals surface area contributed by atoms with Crippen LogP contribution in [0.3, 0.4) is 0 Å². The summed E-state index contributed by atoms with van der Waals surface area (Å²) >= 11 is 0. The summed E-state index contributed by atoms with van der Waals surface area (Å²) in [6.45, 7) is 2.29. The highest BCUT2D eigenvalue weighted by atomic mass is 15.0. The molecule has 1 saturated carbocycles. The van der Waals surface area contributed by atoms with Crippen molar-refractivity contribution in [2.24, 2.45) is 5.92 Å². The standard InChI is InChI=1S/C17H25N/c1-2-3-11-16-14-9-5-4-8-13(14)15-10-6-7-12-17(15)18-16/h4-5,8-9,14,16-18H,2-3,6-7,10-12H2,1H3. The van der Waals surface area contributed by atoms with E-state index in [-0.39, 0.29) is 0 Å². The van der Waals surface area contributed by atoms with Crippen LogP contribution in [0.15, 0.2) is 35.5 Å². The molecule has 1 nitrogen and oxygen atoms in total. The number of hydrogen-bond acceptors (Lipinski definition) is 1. The fraction of sp³-hybridized carbons (Fsp3) is 0.647. The Morgan fingerprint density at radius 1 is 1.28 bits per heavy atom. The Hall–Kier alpha value is -0.820. The van der Waals surface area contributed by atoms with E-state index in [0.717, 1.165) is 0 Å². The lowest BCUT2D eigenvalue weighted by atomic mass is 9.73. The predicted molar refractivity (Wildman–Crippen MR) is 77.5 cm³/mol. The lowest BCUT2D eigenvalue weighted by Gasteiger charge is -2.42. The van der Waals surface area contributed by atoms with Gasteiger partial charge in [0.2, 0.25) is 0 Å². The fourth-order valence-corrected chi connectivity index (χ4v) is 3.82. The normalized spacial score (nSPS) is 34.4. The molecule has 0 aromatic carbocycles. The van der Waals surface area contributed by atoms with Gasteiger partial charge in [-0.2, -0.15) is 0 Å². The van der Waals surface area contributed by atoms with Crippen LogP contribution in [0.5, 0.6) is 0 Å². The van der Waals surface area contributed by atoms with E-state index in [1.54, 1.807) is 11.1 Å². The largest absolute Gasteiger partial charge is 0.307 e. The van der Waals surface area contributed by atoms with Crippen LogP contribution in [-0.4, -0.2) is 12.1 Å². The first kappa shape index (κ1) is 12.2. The number of nitrogens with one attached hydrogen (secondary N) is 1. The summed E-state index contributed by atoms with van der Waals surface area (Å²) in [4.78, 5) is 0. The lowest BCUT2D eigenvalue weighted by molar-refractivity contribution is 0.315. The number of allylic oxidation sites excluding steroid dienone is 3. The second-order valence-electron chi connectivity index (χ2n) is 5.96. The van der Waals surface area contributed by atoms with Crippen molar-refractivity contribution in [1.82, 2.24) is 5.32 Å². The van der Waals surface area contributed by atoms with Crippen LogP contribution in [0.1, 0.15) is 51.9 Å². The molecule has 0 saturated heterocycles. The van der Waals surface area contributed by atoms with Gasteiger partial charge in [0.25, 0.3) is 0 Å². The molecule has 0 aromatic rings. The molecule has 18 heavy (non-hydrogen) atoms. The molecule has 98 valence electrons. The molecule has 0 aromatic heterocycles. The molecular formula is C17H25N. The van der Waals surface area contributed by atoms with E-state index < -0.39 is 0 Å².